The largest absolute Gasteiger partial charge is 0.384 e. The van der Waals surface area contributed by atoms with Crippen LogP contribution < -0.4 is 10.5 Å². The van der Waals surface area contributed by atoms with Gasteiger partial charge in [0.2, 0.25) is 10.0 Å². The molecule has 0 aliphatic heterocycles. The van der Waals surface area contributed by atoms with E-state index in [2.05, 4.69) is 10.3 Å². The number of nitrogens with two attached hydrogens (primary N) is 1. The summed E-state index contributed by atoms with van der Waals surface area (Å²) in [5.41, 5.74) is 1.80. The molecule has 1 heterocycles. The lowest BCUT2D eigenvalue weighted by Crippen LogP contribution is -2.16. The van der Waals surface area contributed by atoms with E-state index in [1.165, 1.54) is 12.1 Å². The number of sulfonamides is 1. The van der Waals surface area contributed by atoms with Crippen molar-refractivity contribution in [2.45, 2.75) is 18.2 Å². The van der Waals surface area contributed by atoms with Gasteiger partial charge in [0.25, 0.3) is 5.69 Å². The van der Waals surface area contributed by atoms with Gasteiger partial charge in [-0.1, -0.05) is 6.07 Å². The topological polar surface area (TPSA) is 128 Å². The molecule has 1 aromatic carbocycles. The molecule has 1 aromatic heterocycles. The lowest BCUT2D eigenvalue weighted by molar-refractivity contribution is -0.385. The van der Waals surface area contributed by atoms with Crippen molar-refractivity contribution in [2.24, 2.45) is 5.14 Å². The second-order valence-electron chi connectivity index (χ2n) is 4.97. The molecule has 2 aromatic rings. The second kappa shape index (κ2) is 6.71. The molecular formula is C14H16N4O4S. The quantitative estimate of drug-likeness (QED) is 0.609. The zero-order valence-electron chi connectivity index (χ0n) is 12.4. The Hall–Kier alpha value is -2.52. The van der Waals surface area contributed by atoms with Crippen LogP contribution in [0, 0.1) is 17.0 Å². The lowest BCUT2D eigenvalue weighted by Gasteiger charge is -2.10. The number of hydrogen-bond acceptors (Lipinski definition) is 6. The first-order valence-electron chi connectivity index (χ1n) is 6.74. The maximum absolute atomic E-state index is 11.6. The van der Waals surface area contributed by atoms with Gasteiger partial charge in [-0.3, -0.25) is 15.1 Å². The number of non-ortho nitro benzene ring substituents is 1. The third kappa shape index (κ3) is 4.47. The first-order chi connectivity index (χ1) is 10.8. The molecule has 0 aliphatic rings. The Morgan fingerprint density at radius 2 is 2.04 bits per heavy atom. The monoisotopic (exact) mass is 336 g/mol. The van der Waals surface area contributed by atoms with Crippen LogP contribution in [0.5, 0.6) is 0 Å². The number of aryl methyl sites for hydroxylation is 1. The van der Waals surface area contributed by atoms with Gasteiger partial charge in [0.15, 0.2) is 0 Å². The van der Waals surface area contributed by atoms with Crippen LogP contribution in [0.1, 0.15) is 11.3 Å². The molecule has 2 rings (SSSR count). The maximum atomic E-state index is 11.6. The van der Waals surface area contributed by atoms with E-state index < -0.39 is 14.9 Å². The number of nitro benzene ring substituents is 1. The van der Waals surface area contributed by atoms with Gasteiger partial charge in [0.1, 0.15) is 4.90 Å². The number of hydrogen-bond donors (Lipinski definition) is 2. The van der Waals surface area contributed by atoms with Gasteiger partial charge in [0, 0.05) is 30.6 Å². The van der Waals surface area contributed by atoms with Crippen molar-refractivity contribution >= 4 is 21.4 Å². The number of nitrogens with one attached hydrogen (secondary N) is 1. The van der Waals surface area contributed by atoms with Crippen molar-refractivity contribution in [3.05, 3.63) is 57.9 Å². The van der Waals surface area contributed by atoms with E-state index >= 15 is 0 Å². The predicted octanol–water partition coefficient (Wildman–Crippen LogP) is 1.60. The fourth-order valence-electron chi connectivity index (χ4n) is 1.99. The van der Waals surface area contributed by atoms with Crippen LogP contribution in [-0.2, 0) is 16.4 Å². The summed E-state index contributed by atoms with van der Waals surface area (Å²) in [5.74, 6) is 0. The Bertz CT molecular complexity index is 819. The number of nitro groups is 1. The Kier molecular flexibility index (Phi) is 4.92. The summed E-state index contributed by atoms with van der Waals surface area (Å²) >= 11 is 0. The van der Waals surface area contributed by atoms with E-state index in [0.717, 1.165) is 17.3 Å². The van der Waals surface area contributed by atoms with E-state index in [1.807, 2.05) is 19.1 Å². The first kappa shape index (κ1) is 16.8. The summed E-state index contributed by atoms with van der Waals surface area (Å²) in [4.78, 5) is 14.0. The van der Waals surface area contributed by atoms with Crippen LogP contribution >= 0.6 is 0 Å². The Morgan fingerprint density at radius 3 is 2.61 bits per heavy atom. The van der Waals surface area contributed by atoms with E-state index in [4.69, 9.17) is 5.14 Å². The highest BCUT2D eigenvalue weighted by Gasteiger charge is 2.18. The van der Waals surface area contributed by atoms with Crippen molar-refractivity contribution in [3.63, 3.8) is 0 Å². The highest BCUT2D eigenvalue weighted by Crippen LogP contribution is 2.25. The summed E-state index contributed by atoms with van der Waals surface area (Å²) in [5, 5.41) is 18.8. The molecule has 0 aliphatic carbocycles. The van der Waals surface area contributed by atoms with E-state index in [1.54, 1.807) is 6.20 Å². The highest BCUT2D eigenvalue weighted by atomic mass is 32.2. The van der Waals surface area contributed by atoms with E-state index in [0.29, 0.717) is 13.0 Å². The van der Waals surface area contributed by atoms with Gasteiger partial charge in [-0.2, -0.15) is 0 Å². The summed E-state index contributed by atoms with van der Waals surface area (Å²) in [7, 11) is -4.07. The average Bonchev–Trinajstić information content (AvgIpc) is 2.48. The van der Waals surface area contributed by atoms with Crippen molar-refractivity contribution in [3.8, 4) is 0 Å². The van der Waals surface area contributed by atoms with Crippen LogP contribution in [0.4, 0.5) is 11.4 Å². The maximum Gasteiger partial charge on any atom is 0.270 e. The normalized spacial score (nSPS) is 11.2. The lowest BCUT2D eigenvalue weighted by atomic mass is 10.2. The number of nitrogens with zero attached hydrogens (tertiary/aromatic N) is 2. The van der Waals surface area contributed by atoms with E-state index in [-0.39, 0.29) is 16.3 Å². The molecule has 3 N–H and O–H groups in total. The average molecular weight is 336 g/mol. The summed E-state index contributed by atoms with van der Waals surface area (Å²) in [6, 6.07) is 7.33. The fourth-order valence-corrected chi connectivity index (χ4v) is 2.73. The molecule has 0 unspecified atom stereocenters. The smallest absolute Gasteiger partial charge is 0.270 e. The molecule has 0 radical (unpaired) electrons. The predicted molar refractivity (Wildman–Crippen MR) is 85.6 cm³/mol. The zero-order valence-corrected chi connectivity index (χ0v) is 13.2. The van der Waals surface area contributed by atoms with Gasteiger partial charge in [-0.25, -0.2) is 13.6 Å². The molecule has 0 saturated carbocycles. The molecule has 0 fully saturated rings. The van der Waals surface area contributed by atoms with Crippen LogP contribution in [0.2, 0.25) is 0 Å². The third-order valence-electron chi connectivity index (χ3n) is 3.18. The second-order valence-corrected chi connectivity index (χ2v) is 6.50. The van der Waals surface area contributed by atoms with Gasteiger partial charge in [-0.05, 0) is 31.0 Å². The number of benzene rings is 1. The van der Waals surface area contributed by atoms with Gasteiger partial charge >= 0.3 is 0 Å². The molecule has 23 heavy (non-hydrogen) atoms. The molecule has 9 heteroatoms. The number of pyridine rings is 1. The highest BCUT2D eigenvalue weighted by molar-refractivity contribution is 7.89. The number of anilines is 1. The van der Waals surface area contributed by atoms with Gasteiger partial charge in [0.05, 0.1) is 10.6 Å². The SMILES string of the molecule is Cc1ccc(CCNc2ccc([N+](=O)[O-])cc2S(N)(=O)=O)cn1. The number of primary sulfonamides is 1. The standard InChI is InChI=1S/C14H16N4O4S/c1-10-2-3-11(9-17-10)6-7-16-13-5-4-12(18(19)20)8-14(13)23(15,21)22/h2-5,8-9,16H,6-7H2,1H3,(H2,15,21,22). The molecule has 0 bridgehead atoms. The molecule has 0 saturated heterocycles. The van der Waals surface area contributed by atoms with Crippen LogP contribution in [0.3, 0.4) is 0 Å². The van der Waals surface area contributed by atoms with Crippen molar-refractivity contribution in [2.75, 3.05) is 11.9 Å². The molecule has 122 valence electrons. The summed E-state index contributed by atoms with van der Waals surface area (Å²) in [6.45, 7) is 2.32. The Balaban J connectivity index is 2.16. The number of aromatic nitrogens is 1. The molecular weight excluding hydrogens is 320 g/mol. The first-order valence-corrected chi connectivity index (χ1v) is 8.28. The van der Waals surface area contributed by atoms with Crippen molar-refractivity contribution < 1.29 is 13.3 Å². The fraction of sp³-hybridized carbons (Fsp3) is 0.214. The molecule has 0 spiro atoms. The minimum atomic E-state index is -4.07. The van der Waals surface area contributed by atoms with Crippen molar-refractivity contribution in [1.29, 1.82) is 0 Å². The summed E-state index contributed by atoms with van der Waals surface area (Å²) < 4.78 is 23.2. The Morgan fingerprint density at radius 1 is 1.30 bits per heavy atom. The van der Waals surface area contributed by atoms with Crippen molar-refractivity contribution in [1.82, 2.24) is 4.98 Å². The van der Waals surface area contributed by atoms with Crippen LogP contribution in [0.25, 0.3) is 0 Å². The summed E-state index contributed by atoms with van der Waals surface area (Å²) in [6.07, 6.45) is 2.36. The zero-order chi connectivity index (χ0) is 17.0. The van der Waals surface area contributed by atoms with Crippen LogP contribution in [0.15, 0.2) is 41.4 Å². The van der Waals surface area contributed by atoms with Gasteiger partial charge in [-0.15, -0.1) is 0 Å². The Labute approximate surface area is 133 Å². The molecule has 0 amide bonds. The van der Waals surface area contributed by atoms with Gasteiger partial charge < -0.3 is 5.32 Å². The number of rotatable bonds is 6. The molecule has 8 nitrogen and oxygen atoms in total. The molecule has 0 atom stereocenters. The van der Waals surface area contributed by atoms with E-state index in [9.17, 15) is 18.5 Å². The third-order valence-corrected chi connectivity index (χ3v) is 4.14. The van der Waals surface area contributed by atoms with Crippen LogP contribution in [-0.4, -0.2) is 24.9 Å². The minimum absolute atomic E-state index is 0.234. The minimum Gasteiger partial charge on any atom is -0.384 e.